The summed E-state index contributed by atoms with van der Waals surface area (Å²) < 4.78 is 0. The summed E-state index contributed by atoms with van der Waals surface area (Å²) in [5.41, 5.74) is 2.38. The molecule has 2 N–H and O–H groups in total. The fourth-order valence-electron chi connectivity index (χ4n) is 2.03. The van der Waals surface area contributed by atoms with E-state index in [0.717, 1.165) is 11.3 Å². The highest BCUT2D eigenvalue weighted by Crippen LogP contribution is 2.15. The molecule has 1 atom stereocenters. The Morgan fingerprint density at radius 3 is 2.19 bits per heavy atom. The van der Waals surface area contributed by atoms with Gasteiger partial charge in [-0.15, -0.1) is 0 Å². The summed E-state index contributed by atoms with van der Waals surface area (Å²) in [5.74, 6) is -0.431. The number of Topliss-reactive ketones (excluding diaryl/α,β-unsaturated/α-hetero) is 1. The number of anilines is 1. The second-order valence-corrected chi connectivity index (χ2v) is 4.82. The first-order valence-electron chi connectivity index (χ1n) is 6.76. The number of carbonyl (C=O) groups excluding carboxylic acids is 2. The minimum absolute atomic E-state index is 0.172. The fraction of sp³-hybridized carbons (Fsp3) is 0.176. The van der Waals surface area contributed by atoms with E-state index in [1.165, 1.54) is 6.92 Å². The van der Waals surface area contributed by atoms with E-state index < -0.39 is 6.17 Å². The van der Waals surface area contributed by atoms with Gasteiger partial charge in [-0.25, -0.2) is 0 Å². The van der Waals surface area contributed by atoms with Crippen LogP contribution in [0.15, 0.2) is 54.6 Å². The number of hydrogen-bond acceptors (Lipinski definition) is 3. The van der Waals surface area contributed by atoms with Crippen molar-refractivity contribution < 1.29 is 9.59 Å². The van der Waals surface area contributed by atoms with Crippen molar-refractivity contribution in [1.29, 1.82) is 0 Å². The zero-order valence-electron chi connectivity index (χ0n) is 12.1. The Morgan fingerprint density at radius 2 is 1.57 bits per heavy atom. The molecule has 21 heavy (non-hydrogen) atoms. The van der Waals surface area contributed by atoms with Gasteiger partial charge < -0.3 is 10.6 Å². The number of benzene rings is 2. The van der Waals surface area contributed by atoms with E-state index in [1.807, 2.05) is 37.3 Å². The second-order valence-electron chi connectivity index (χ2n) is 4.82. The van der Waals surface area contributed by atoms with Crippen molar-refractivity contribution >= 4 is 17.4 Å². The number of para-hydroxylation sites is 1. The molecule has 0 saturated heterocycles. The maximum absolute atomic E-state index is 12.5. The molecule has 0 bridgehead atoms. The molecule has 2 aromatic carbocycles. The highest BCUT2D eigenvalue weighted by Gasteiger charge is 2.21. The largest absolute Gasteiger partial charge is 0.359 e. The van der Waals surface area contributed by atoms with Crippen LogP contribution in [0.1, 0.15) is 22.8 Å². The lowest BCUT2D eigenvalue weighted by molar-refractivity contribution is -0.119. The van der Waals surface area contributed by atoms with Crippen molar-refractivity contribution in [2.45, 2.75) is 20.0 Å². The van der Waals surface area contributed by atoms with Crippen LogP contribution in [0.3, 0.4) is 0 Å². The van der Waals surface area contributed by atoms with Crippen LogP contribution in [-0.2, 0) is 4.79 Å². The van der Waals surface area contributed by atoms with Crippen LogP contribution < -0.4 is 10.6 Å². The SMILES string of the molecule is CC(=O)NC(Nc1ccccc1C)C(=O)c1ccccc1. The lowest BCUT2D eigenvalue weighted by Crippen LogP contribution is -2.45. The van der Waals surface area contributed by atoms with Crippen molar-refractivity contribution in [3.63, 3.8) is 0 Å². The molecule has 1 amide bonds. The van der Waals surface area contributed by atoms with Gasteiger partial charge >= 0.3 is 0 Å². The van der Waals surface area contributed by atoms with E-state index in [0.29, 0.717) is 5.56 Å². The molecule has 2 rings (SSSR count). The van der Waals surface area contributed by atoms with Gasteiger partial charge in [-0.2, -0.15) is 0 Å². The first kappa shape index (κ1) is 14.8. The maximum atomic E-state index is 12.5. The number of rotatable bonds is 5. The quantitative estimate of drug-likeness (QED) is 0.655. The fourth-order valence-corrected chi connectivity index (χ4v) is 2.03. The summed E-state index contributed by atoms with van der Waals surface area (Å²) in [6.45, 7) is 3.34. The van der Waals surface area contributed by atoms with Crippen LogP contribution in [0.5, 0.6) is 0 Å². The minimum Gasteiger partial charge on any atom is -0.359 e. The number of hydrogen-bond donors (Lipinski definition) is 2. The van der Waals surface area contributed by atoms with Gasteiger partial charge in [-0.3, -0.25) is 9.59 Å². The summed E-state index contributed by atoms with van der Waals surface area (Å²) in [6, 6.07) is 16.5. The minimum atomic E-state index is -0.786. The Labute approximate surface area is 124 Å². The standard InChI is InChI=1S/C17H18N2O2/c1-12-8-6-7-11-15(12)19-17(18-13(2)20)16(21)14-9-4-3-5-10-14/h3-11,17,19H,1-2H3,(H,18,20). The first-order chi connectivity index (χ1) is 10.1. The Bertz CT molecular complexity index is 638. The highest BCUT2D eigenvalue weighted by atomic mass is 16.2. The number of nitrogens with one attached hydrogen (secondary N) is 2. The first-order valence-corrected chi connectivity index (χ1v) is 6.76. The molecule has 108 valence electrons. The summed E-state index contributed by atoms with van der Waals surface area (Å²) in [4.78, 5) is 23.9. The lowest BCUT2D eigenvalue weighted by Gasteiger charge is -2.20. The smallest absolute Gasteiger partial charge is 0.218 e. The predicted molar refractivity (Wildman–Crippen MR) is 83.2 cm³/mol. The molecule has 4 heteroatoms. The Morgan fingerprint density at radius 1 is 0.952 bits per heavy atom. The highest BCUT2D eigenvalue weighted by molar-refractivity contribution is 6.03. The Balaban J connectivity index is 2.25. The molecule has 0 spiro atoms. The Kier molecular flexibility index (Phi) is 4.72. The maximum Gasteiger partial charge on any atom is 0.218 e. The third-order valence-electron chi connectivity index (χ3n) is 3.11. The van der Waals surface area contributed by atoms with E-state index in [4.69, 9.17) is 0 Å². The van der Waals surface area contributed by atoms with Gasteiger partial charge in [0.1, 0.15) is 0 Å². The predicted octanol–water partition coefficient (Wildman–Crippen LogP) is 2.75. The van der Waals surface area contributed by atoms with Crippen LogP contribution in [0.25, 0.3) is 0 Å². The van der Waals surface area contributed by atoms with Gasteiger partial charge in [-0.1, -0.05) is 48.5 Å². The van der Waals surface area contributed by atoms with Gasteiger partial charge in [0.25, 0.3) is 0 Å². The van der Waals surface area contributed by atoms with Crippen LogP contribution in [0, 0.1) is 6.92 Å². The third kappa shape index (κ3) is 3.92. The topological polar surface area (TPSA) is 58.2 Å². The van der Waals surface area contributed by atoms with Crippen molar-refractivity contribution in [3.05, 3.63) is 65.7 Å². The normalized spacial score (nSPS) is 11.5. The van der Waals surface area contributed by atoms with Crippen LogP contribution in [0.4, 0.5) is 5.69 Å². The molecule has 0 heterocycles. The number of ketones is 1. The molecule has 0 radical (unpaired) electrons. The summed E-state index contributed by atoms with van der Waals surface area (Å²) in [6.07, 6.45) is -0.786. The number of carbonyl (C=O) groups is 2. The van der Waals surface area contributed by atoms with Gasteiger partial charge in [0.2, 0.25) is 11.7 Å². The van der Waals surface area contributed by atoms with E-state index in [1.54, 1.807) is 24.3 Å². The number of amides is 1. The molecule has 0 fully saturated rings. The molecule has 2 aromatic rings. The zero-order chi connectivity index (χ0) is 15.2. The van der Waals surface area contributed by atoms with Crippen LogP contribution in [0.2, 0.25) is 0 Å². The molecule has 1 unspecified atom stereocenters. The molecule has 4 nitrogen and oxygen atoms in total. The van der Waals surface area contributed by atoms with Gasteiger partial charge in [0.15, 0.2) is 6.17 Å². The van der Waals surface area contributed by atoms with Crippen LogP contribution in [-0.4, -0.2) is 17.9 Å². The molecule has 0 saturated carbocycles. The summed E-state index contributed by atoms with van der Waals surface area (Å²) in [7, 11) is 0. The van der Waals surface area contributed by atoms with Crippen LogP contribution >= 0.6 is 0 Å². The van der Waals surface area contributed by atoms with Crippen molar-refractivity contribution in [3.8, 4) is 0 Å². The average molecular weight is 282 g/mol. The molecule has 0 aliphatic rings. The third-order valence-corrected chi connectivity index (χ3v) is 3.11. The van der Waals surface area contributed by atoms with Gasteiger partial charge in [-0.05, 0) is 18.6 Å². The lowest BCUT2D eigenvalue weighted by atomic mass is 10.1. The average Bonchev–Trinajstić information content (AvgIpc) is 2.48. The molecular formula is C17H18N2O2. The molecular weight excluding hydrogens is 264 g/mol. The molecule has 0 aliphatic heterocycles. The van der Waals surface area contributed by atoms with E-state index in [2.05, 4.69) is 10.6 Å². The summed E-state index contributed by atoms with van der Waals surface area (Å²) >= 11 is 0. The van der Waals surface area contributed by atoms with E-state index in [9.17, 15) is 9.59 Å². The second kappa shape index (κ2) is 6.70. The van der Waals surface area contributed by atoms with Gasteiger partial charge in [0, 0.05) is 18.2 Å². The van der Waals surface area contributed by atoms with E-state index >= 15 is 0 Å². The number of aryl methyl sites for hydroxylation is 1. The molecule has 0 aromatic heterocycles. The zero-order valence-corrected chi connectivity index (χ0v) is 12.1. The van der Waals surface area contributed by atoms with Gasteiger partial charge in [0.05, 0.1) is 0 Å². The Hall–Kier alpha value is -2.62. The monoisotopic (exact) mass is 282 g/mol. The van der Waals surface area contributed by atoms with E-state index in [-0.39, 0.29) is 11.7 Å². The van der Waals surface area contributed by atoms with Crippen molar-refractivity contribution in [1.82, 2.24) is 5.32 Å². The van der Waals surface area contributed by atoms with Crippen molar-refractivity contribution in [2.75, 3.05) is 5.32 Å². The van der Waals surface area contributed by atoms with Crippen molar-refractivity contribution in [2.24, 2.45) is 0 Å². The summed E-state index contributed by atoms with van der Waals surface area (Å²) in [5, 5.41) is 5.75. The molecule has 0 aliphatic carbocycles.